The maximum absolute atomic E-state index is 13.2. The van der Waals surface area contributed by atoms with Crippen LogP contribution in [-0.4, -0.2) is 233 Å². The number of ether oxygens (including phenoxy) is 7. The third-order valence-electron chi connectivity index (χ3n) is 39.3. The molecule has 0 radical (unpaired) electrons. The fraction of sp³-hybridized carbons (Fsp3) is 0.863. The lowest BCUT2D eigenvalue weighted by molar-refractivity contribution is -0.165. The van der Waals surface area contributed by atoms with Crippen molar-refractivity contribution in [3.63, 3.8) is 0 Å². The smallest absolute Gasteiger partial charge is 0.192 e. The van der Waals surface area contributed by atoms with Gasteiger partial charge in [0.05, 0.1) is 110 Å². The molecule has 12 saturated carbocycles. The van der Waals surface area contributed by atoms with Gasteiger partial charge in [-0.05, 0) is 385 Å². The zero-order valence-corrected chi connectivity index (χ0v) is 94.0. The maximum Gasteiger partial charge on any atom is 0.192 e. The highest BCUT2D eigenvalue weighted by Gasteiger charge is 2.66. The van der Waals surface area contributed by atoms with Gasteiger partial charge in [-0.25, -0.2) is 4.39 Å². The van der Waals surface area contributed by atoms with Crippen molar-refractivity contribution in [3.05, 3.63) is 93.2 Å². The first-order chi connectivity index (χ1) is 64.4. The second-order valence-corrected chi connectivity index (χ2v) is 63.8. The largest absolute Gasteiger partial charge is 0.410 e. The second kappa shape index (κ2) is 44.6. The van der Waals surface area contributed by atoms with Gasteiger partial charge < -0.3 is 93.1 Å². The summed E-state index contributed by atoms with van der Waals surface area (Å²) in [4.78, 5) is 0. The number of alkyl halides is 1. The van der Waals surface area contributed by atoms with Crippen molar-refractivity contribution < 1.29 is 97.5 Å². The van der Waals surface area contributed by atoms with Crippen LogP contribution in [0.2, 0.25) is 36.3 Å². The van der Waals surface area contributed by atoms with Crippen molar-refractivity contribution in [2.45, 2.75) is 513 Å². The van der Waals surface area contributed by atoms with Crippen molar-refractivity contribution >= 4 is 16.6 Å². The molecule has 15 aliphatic rings. The van der Waals surface area contributed by atoms with Crippen LogP contribution in [0.3, 0.4) is 0 Å². The second-order valence-electron chi connectivity index (χ2n) is 54.3. The Morgan fingerprint density at radius 3 is 0.799 bits per heavy atom. The van der Waals surface area contributed by atoms with E-state index in [1.54, 1.807) is 5.57 Å². The quantitative estimate of drug-likeness (QED) is 0.0257. The van der Waals surface area contributed by atoms with Crippen molar-refractivity contribution in [2.24, 2.45) is 74.4 Å². The third kappa shape index (κ3) is 26.9. The van der Waals surface area contributed by atoms with E-state index in [2.05, 4.69) is 186 Å². The standard InChI is InChI=1S/C39H72O4Si2.C26H43FO5.2C26H42O5/c1-28(40-24-23-35(2,3)4)31-20-21-32-30(17-16-22-38(31,32)11)19-18-29-25-33(42-44(12,13)36(5,6)7)39(27-41-39)34(26-29)43-45(14,15)37(8,9)10;1-17(32-13-12-24(2,3)30)20-9-10-21-19(6-5-11-25(20,21)4)8-7-18-14-22(28)26(31,16-27)23(29)15-18;2*1-17(30-13-12-24(2,3)29)20-9-10-21-19(6-5-11-25(20,21)4)8-7-18-14-22(27)26(16-31-26)23(28)15-18/h18-19,28,31-34H,16-17,20-27H2,1-15H3;7-8,17,20-23,28-31H,5-6,9-16H2,1-4H3;2*7-8,17,20-23,27-29H,5-6,9-16H2,1-4H3/b29-18?,30-19+;3*18-7?,19-8+/t28-,31?,32?,33-,34-,38?,39?;3*17-,20?,21?,22-,23-,25?,26?/m1111/s1. The maximum atomic E-state index is 13.2. The lowest BCUT2D eigenvalue weighted by atomic mass is 9.62. The SMILES string of the molecule is C[C@@H](OCCC(C)(C)C)C1CCC2/C(=C/C=C3C[C@@H](O[Si](C)(C)C(C)(C)C)C4(CO4)[C@H](O[Si](C)(C)C(C)(C)C)C3)CCCC21C.C[C@@H](OCCC(C)(C)O)C1CCC2/C(=C/C=C3C[C@@H](O)C(O)(CF)[C@H](O)C3)CCCC21C.C[C@@H](OCCC(C)(C)O)C1CCC2/C(=C/C=C3C[C@@H](O)C4(CO4)[C@H](O)C3)CCCC21C.C[C@@H](OCCC(C)(C)O)C1CCC2/C(=C/C=C3C[C@@H](O)C4(CO4)[C@H](O)C3)CCCC21C. The molecule has 3 spiro atoms. The summed E-state index contributed by atoms with van der Waals surface area (Å²) in [6.45, 7) is 63.5. The first-order valence-electron chi connectivity index (χ1n) is 55.2. The molecule has 12 aliphatic carbocycles. The van der Waals surface area contributed by atoms with Crippen LogP contribution in [-0.2, 0) is 42.0 Å². The van der Waals surface area contributed by atoms with Gasteiger partial charge in [0.25, 0.3) is 0 Å². The Kier molecular flexibility index (Phi) is 37.0. The summed E-state index contributed by atoms with van der Waals surface area (Å²) in [5.41, 5.74) is 6.28. The van der Waals surface area contributed by atoms with E-state index in [0.717, 1.165) is 87.7 Å². The van der Waals surface area contributed by atoms with Gasteiger partial charge >= 0.3 is 0 Å². The predicted octanol–water partition coefficient (Wildman–Crippen LogP) is 22.9. The number of fused-ring (bicyclic) bond motifs is 4. The monoisotopic (exact) mass is 1980 g/mol. The van der Waals surface area contributed by atoms with E-state index in [1.165, 1.54) is 112 Å². The molecule has 15 fully saturated rings. The van der Waals surface area contributed by atoms with Crippen LogP contribution >= 0.6 is 0 Å². The number of hydrogen-bond acceptors (Lipinski definition) is 19. The Morgan fingerprint density at radius 2 is 0.583 bits per heavy atom. The molecular formula is C117H199FO19Si2. The van der Waals surface area contributed by atoms with Crippen LogP contribution in [0.15, 0.2) is 93.2 Å². The molecule has 0 aromatic heterocycles. The van der Waals surface area contributed by atoms with E-state index in [0.29, 0.717) is 142 Å². The van der Waals surface area contributed by atoms with Crippen LogP contribution in [0, 0.1) is 74.4 Å². The van der Waals surface area contributed by atoms with Crippen molar-refractivity contribution in [3.8, 4) is 0 Å². The predicted molar refractivity (Wildman–Crippen MR) is 560 cm³/mol. The molecule has 3 aliphatic heterocycles. The van der Waals surface area contributed by atoms with Gasteiger partial charge in [0.15, 0.2) is 16.6 Å². The average Bonchev–Trinajstić information content (AvgIpc) is 1.55. The topological polar surface area (TPSA) is 295 Å². The highest BCUT2D eigenvalue weighted by molar-refractivity contribution is 6.74. The minimum atomic E-state index is -2.06. The Balaban J connectivity index is 0.000000168. The molecule has 3 saturated heterocycles. The lowest BCUT2D eigenvalue weighted by Crippen LogP contribution is -2.57. The van der Waals surface area contributed by atoms with Gasteiger partial charge in [-0.1, -0.05) is 183 Å². The van der Waals surface area contributed by atoms with Gasteiger partial charge in [-0.15, -0.1) is 0 Å². The molecule has 24 atom stereocenters. The van der Waals surface area contributed by atoms with Gasteiger partial charge in [-0.3, -0.25) is 0 Å². The summed E-state index contributed by atoms with van der Waals surface area (Å²) in [6, 6.07) is 0. The van der Waals surface area contributed by atoms with E-state index in [9.17, 15) is 55.5 Å². The highest BCUT2D eigenvalue weighted by Crippen LogP contribution is 2.64. The Bertz CT molecular complexity index is 4100. The summed E-state index contributed by atoms with van der Waals surface area (Å²) >= 11 is 0. The molecule has 15 rings (SSSR count). The summed E-state index contributed by atoms with van der Waals surface area (Å²) < 4.78 is 69.9. The molecule has 10 N–H and O–H groups in total. The molecule has 0 amide bonds. The number of epoxide rings is 3. The van der Waals surface area contributed by atoms with Crippen LogP contribution in [0.1, 0.15) is 365 Å². The molecule has 0 aromatic rings. The van der Waals surface area contributed by atoms with E-state index in [4.69, 9.17) is 42.0 Å². The summed E-state index contributed by atoms with van der Waals surface area (Å²) in [6.07, 6.45) is 45.8. The molecule has 3 heterocycles. The highest BCUT2D eigenvalue weighted by atomic mass is 28.4. The molecule has 12 unspecified atom stereocenters. The van der Waals surface area contributed by atoms with E-state index in [1.807, 2.05) is 47.6 Å². The van der Waals surface area contributed by atoms with Gasteiger partial charge in [0, 0.05) is 26.4 Å². The molecule has 0 bridgehead atoms. The normalized spacial score (nSPS) is 39.6. The number of rotatable bonds is 28. The zero-order valence-electron chi connectivity index (χ0n) is 92.0. The summed E-state index contributed by atoms with van der Waals surface area (Å²) in [5.74, 6) is 4.52. The first-order valence-corrected chi connectivity index (χ1v) is 61.1. The van der Waals surface area contributed by atoms with E-state index < -0.39 is 93.5 Å². The number of hydrogen-bond donors (Lipinski definition) is 10. The van der Waals surface area contributed by atoms with Gasteiger partial charge in [0.2, 0.25) is 0 Å². The first kappa shape index (κ1) is 115. The number of allylic oxidation sites excluding steroid dienone is 12. The van der Waals surface area contributed by atoms with Crippen LogP contribution < -0.4 is 0 Å². The van der Waals surface area contributed by atoms with Crippen molar-refractivity contribution in [1.29, 1.82) is 0 Å². The Labute approximate surface area is 843 Å². The molecule has 0 aromatic carbocycles. The minimum Gasteiger partial charge on any atom is -0.410 e. The molecule has 19 nitrogen and oxygen atoms in total. The molecular weight excluding hydrogens is 1780 g/mol. The van der Waals surface area contributed by atoms with E-state index >= 15 is 0 Å². The van der Waals surface area contributed by atoms with Gasteiger partial charge in [-0.2, -0.15) is 0 Å². The van der Waals surface area contributed by atoms with Crippen LogP contribution in [0.5, 0.6) is 0 Å². The number of aliphatic hydroxyl groups is 10. The minimum absolute atomic E-state index is 0.0603. The molecule has 22 heteroatoms. The van der Waals surface area contributed by atoms with Crippen molar-refractivity contribution in [1.82, 2.24) is 0 Å². The fourth-order valence-corrected chi connectivity index (χ4v) is 30.3. The summed E-state index contributed by atoms with van der Waals surface area (Å²) in [7, 11) is -3.99. The van der Waals surface area contributed by atoms with Gasteiger partial charge in [0.1, 0.15) is 29.1 Å². The fourth-order valence-electron chi connectivity index (χ4n) is 27.6. The molecule has 139 heavy (non-hydrogen) atoms. The van der Waals surface area contributed by atoms with Crippen LogP contribution in [0.4, 0.5) is 4.39 Å². The Hall–Kier alpha value is -2.48. The average molecular weight is 1990 g/mol. The third-order valence-corrected chi connectivity index (χ3v) is 48.3. The number of aliphatic hydroxyl groups excluding tert-OH is 6. The Morgan fingerprint density at radius 1 is 0.353 bits per heavy atom. The van der Waals surface area contributed by atoms with Crippen molar-refractivity contribution in [2.75, 3.05) is 52.9 Å². The lowest BCUT2D eigenvalue weighted by Gasteiger charge is -2.48. The molecule has 796 valence electrons. The zero-order chi connectivity index (χ0) is 102. The van der Waals surface area contributed by atoms with E-state index in [-0.39, 0.29) is 75.3 Å². The number of halogens is 1. The summed E-state index contributed by atoms with van der Waals surface area (Å²) in [5, 5.41) is 102. The van der Waals surface area contributed by atoms with Crippen LogP contribution in [0.25, 0.3) is 0 Å².